The van der Waals surface area contributed by atoms with Gasteiger partial charge in [-0.2, -0.15) is 0 Å². The Hall–Kier alpha value is 0.651. The van der Waals surface area contributed by atoms with E-state index in [1.54, 1.807) is 0 Å². The fourth-order valence-corrected chi connectivity index (χ4v) is 0. The molecule has 0 fully saturated rings. The Morgan fingerprint density at radius 2 is 0.500 bits per heavy atom. The fraction of sp³-hybridized carbons (Fsp3) is 1.00. The highest BCUT2D eigenvalue weighted by molar-refractivity contribution is 5.76. The largest absolute Gasteiger partial charge is 0.0776 e. The predicted molar refractivity (Wildman–Crippen MR) is 24.0 cm³/mol. The summed E-state index contributed by atoms with van der Waals surface area (Å²) < 4.78 is 0. The zero-order chi connectivity index (χ0) is 0. The van der Waals surface area contributed by atoms with E-state index in [4.69, 9.17) is 0 Å². The van der Waals surface area contributed by atoms with Gasteiger partial charge in [-0.05, 0) is 0 Å². The molecule has 0 aromatic carbocycles. The predicted octanol–water partition coefficient (Wildman–Crippen LogP) is -0.506. The molecule has 0 heterocycles. The molecule has 0 spiro atoms. The molecule has 0 aromatic heterocycles. The second-order valence-electron chi connectivity index (χ2n) is 0. The van der Waals surface area contributed by atoms with E-state index >= 15 is 0 Å². The lowest BCUT2D eigenvalue weighted by molar-refractivity contribution is 2.50. The van der Waals surface area contributed by atoms with E-state index in [9.17, 15) is 0 Å². The molecule has 0 rings (SSSR count). The van der Waals surface area contributed by atoms with Gasteiger partial charge in [0, 0.05) is 32.9 Å². The van der Waals surface area contributed by atoms with E-state index in [0.717, 1.165) is 0 Å². The molecule has 20 valence electrons. The summed E-state index contributed by atoms with van der Waals surface area (Å²) in [6.45, 7) is 0. The van der Waals surface area contributed by atoms with Gasteiger partial charge in [-0.25, -0.2) is 0 Å². The molecule has 0 N–H and O–H groups in total. The lowest BCUT2D eigenvalue weighted by Gasteiger charge is -0.0776. The first kappa shape index (κ1) is 146. The van der Waals surface area contributed by atoms with Crippen molar-refractivity contribution in [2.75, 3.05) is 0 Å². The Bertz CT molecular complexity index is 3.25. The number of rotatable bonds is 0. The van der Waals surface area contributed by atoms with Gasteiger partial charge in [0.15, 0.2) is 0 Å². The molecule has 0 aromatic rings. The fourth-order valence-electron chi connectivity index (χ4n) is 0. The first-order valence-corrected chi connectivity index (χ1v) is 0. The molecule has 0 aliphatic carbocycles. The molecule has 0 amide bonds. The summed E-state index contributed by atoms with van der Waals surface area (Å²) in [6, 6.07) is 0. The van der Waals surface area contributed by atoms with E-state index in [1.165, 1.54) is 0 Å². The summed E-state index contributed by atoms with van der Waals surface area (Å²) in [5, 5.41) is 0. The van der Waals surface area contributed by atoms with Gasteiger partial charge in [0.05, 0.1) is 0 Å². The lowest BCUT2D eigenvalue weighted by Crippen LogP contribution is -0.382. The first-order valence-electron chi connectivity index (χ1n) is 0. The van der Waals surface area contributed by atoms with Gasteiger partial charge in [-0.15, -0.1) is 0 Å². The standard InChI is InChI=1S/CH4.3Si/h1H4;;;. The average molecular weight is 100 g/mol. The zero-order valence-corrected chi connectivity index (χ0v) is 4.50. The Balaban J connectivity index is 0. The van der Waals surface area contributed by atoms with Crippen molar-refractivity contribution in [1.29, 1.82) is 0 Å². The molecule has 0 unspecified atom stereocenters. The van der Waals surface area contributed by atoms with Crippen LogP contribution in [-0.4, -0.2) is 32.9 Å². The van der Waals surface area contributed by atoms with Crippen LogP contribution >= 0.6 is 0 Å². The Morgan fingerprint density at radius 3 is 0.500 bits per heavy atom. The summed E-state index contributed by atoms with van der Waals surface area (Å²) in [4.78, 5) is 0. The number of hydrogen-bond donors (Lipinski definition) is 0. The van der Waals surface area contributed by atoms with Gasteiger partial charge in [-0.3, -0.25) is 0 Å². The molecule has 0 bridgehead atoms. The molecule has 4 heavy (non-hydrogen) atoms. The molecular formula is CH4Si3. The third-order valence-corrected chi connectivity index (χ3v) is 0. The molecule has 0 aliphatic rings. The highest BCUT2D eigenvalue weighted by Crippen LogP contribution is 0.144. The highest BCUT2D eigenvalue weighted by atomic mass is 28.1. The lowest BCUT2D eigenvalue weighted by atomic mass is 12.0. The SMILES string of the molecule is C.[Si].[Si].[Si]. The van der Waals surface area contributed by atoms with Crippen LogP contribution in [0.3, 0.4) is 0 Å². The molecule has 0 nitrogen and oxygen atoms in total. The van der Waals surface area contributed by atoms with Gasteiger partial charge < -0.3 is 0 Å². The van der Waals surface area contributed by atoms with Gasteiger partial charge in [-0.1, -0.05) is 7.43 Å². The summed E-state index contributed by atoms with van der Waals surface area (Å²) in [5.41, 5.74) is 0. The van der Waals surface area contributed by atoms with Crippen molar-refractivity contribution in [3.05, 3.63) is 0 Å². The van der Waals surface area contributed by atoms with E-state index in [1.807, 2.05) is 0 Å². The second-order valence-corrected chi connectivity index (χ2v) is 0. The van der Waals surface area contributed by atoms with Crippen molar-refractivity contribution in [3.63, 3.8) is 0 Å². The normalized spacial score (nSPS) is 0. The van der Waals surface area contributed by atoms with Crippen molar-refractivity contribution in [2.45, 2.75) is 7.43 Å². The smallest absolute Gasteiger partial charge is 0 e. The molecular weight excluding hydrogens is 96.3 g/mol. The Morgan fingerprint density at radius 1 is 0.500 bits per heavy atom. The monoisotopic (exact) mass is 100.0 g/mol. The zero-order valence-electron chi connectivity index (χ0n) is 1.50. The topological polar surface area (TPSA) is 0 Å². The molecule has 3 heteroatoms. The molecule has 0 saturated carbocycles. The summed E-state index contributed by atoms with van der Waals surface area (Å²) in [6.07, 6.45) is 0. The average Bonchev–Trinajstić information content (AvgIpc) is 0. The van der Waals surface area contributed by atoms with Crippen molar-refractivity contribution in [1.82, 2.24) is 0 Å². The maximum atomic E-state index is 0. The first-order chi connectivity index (χ1) is 0. The van der Waals surface area contributed by atoms with Crippen molar-refractivity contribution in [3.8, 4) is 0 Å². The van der Waals surface area contributed by atoms with Crippen LogP contribution in [0.15, 0.2) is 0 Å². The van der Waals surface area contributed by atoms with Crippen LogP contribution in [0.1, 0.15) is 7.43 Å². The van der Waals surface area contributed by atoms with E-state index in [2.05, 4.69) is 0 Å². The third-order valence-electron chi connectivity index (χ3n) is 0. The van der Waals surface area contributed by atoms with E-state index in [0.29, 0.717) is 0 Å². The van der Waals surface area contributed by atoms with Crippen LogP contribution in [0, 0.1) is 0 Å². The summed E-state index contributed by atoms with van der Waals surface area (Å²) >= 11 is 0. The summed E-state index contributed by atoms with van der Waals surface area (Å²) in [7, 11) is 0. The van der Waals surface area contributed by atoms with Gasteiger partial charge in [0.25, 0.3) is 0 Å². The molecule has 0 aliphatic heterocycles. The van der Waals surface area contributed by atoms with E-state index in [-0.39, 0.29) is 40.3 Å². The van der Waals surface area contributed by atoms with Crippen molar-refractivity contribution >= 4 is 32.9 Å². The highest BCUT2D eigenvalue weighted by Gasteiger charge is 0.00204. The summed E-state index contributed by atoms with van der Waals surface area (Å²) in [5.74, 6) is 0. The van der Waals surface area contributed by atoms with Crippen LogP contribution < -0.4 is 0 Å². The maximum absolute atomic E-state index is 0. The van der Waals surface area contributed by atoms with Crippen molar-refractivity contribution in [2.24, 2.45) is 0 Å². The molecule has 0 atom stereocenters. The Labute approximate surface area is 41.1 Å². The van der Waals surface area contributed by atoms with Gasteiger partial charge in [0.1, 0.15) is 0 Å². The van der Waals surface area contributed by atoms with Crippen LogP contribution in [0.4, 0.5) is 0 Å². The minimum atomic E-state index is 0. The van der Waals surface area contributed by atoms with Crippen LogP contribution in [-0.2, 0) is 0 Å². The second kappa shape index (κ2) is 60.6. The molecule has 0 saturated heterocycles. The molecule has 12 radical (unpaired) electrons. The van der Waals surface area contributed by atoms with Crippen molar-refractivity contribution < 1.29 is 0 Å². The van der Waals surface area contributed by atoms with Crippen LogP contribution in [0.5, 0.6) is 0 Å². The minimum Gasteiger partial charge on any atom is -0.0776 e. The Kier molecular flexibility index (Phi) is 2220. The quantitative estimate of drug-likeness (QED) is 0.360. The number of hydrogen-bond acceptors (Lipinski definition) is 0. The van der Waals surface area contributed by atoms with Crippen LogP contribution in [0.25, 0.3) is 0 Å². The maximum Gasteiger partial charge on any atom is 0 e. The van der Waals surface area contributed by atoms with Gasteiger partial charge >= 0.3 is 0 Å². The van der Waals surface area contributed by atoms with Gasteiger partial charge in [0.2, 0.25) is 0 Å². The third kappa shape index (κ3) is 17.1. The van der Waals surface area contributed by atoms with E-state index < -0.39 is 0 Å². The van der Waals surface area contributed by atoms with Crippen LogP contribution in [0.2, 0.25) is 0 Å². The minimum absolute atomic E-state index is 0.